The molecule has 0 amide bonds. The molecule has 0 aromatic rings. The van der Waals surface area contributed by atoms with E-state index in [1.54, 1.807) is 0 Å². The molecular formula is C7H14O2. The monoisotopic (exact) mass is 130 g/mol. The summed E-state index contributed by atoms with van der Waals surface area (Å²) in [6, 6.07) is 0. The van der Waals surface area contributed by atoms with E-state index in [-0.39, 0.29) is 12.7 Å². The van der Waals surface area contributed by atoms with Crippen LogP contribution in [0.3, 0.4) is 0 Å². The first kappa shape index (κ1) is 7.03. The highest BCUT2D eigenvalue weighted by atomic mass is 16.5. The third-order valence-electron chi connectivity index (χ3n) is 1.77. The van der Waals surface area contributed by atoms with Crippen LogP contribution in [0.5, 0.6) is 0 Å². The number of ether oxygens (including phenoxy) is 1. The van der Waals surface area contributed by atoms with E-state index in [1.807, 2.05) is 0 Å². The van der Waals surface area contributed by atoms with Gasteiger partial charge < -0.3 is 9.84 Å². The van der Waals surface area contributed by atoms with Crippen molar-refractivity contribution in [2.24, 2.45) is 0 Å². The predicted molar refractivity (Wildman–Crippen MR) is 35.3 cm³/mol. The molecule has 0 radical (unpaired) electrons. The Kier molecular flexibility index (Phi) is 2.49. The Balaban J connectivity index is 2.23. The number of rotatable bonds is 1. The lowest BCUT2D eigenvalue weighted by atomic mass is 10.1. The molecule has 54 valence electrons. The van der Waals surface area contributed by atoms with Crippen LogP contribution >= 0.6 is 0 Å². The van der Waals surface area contributed by atoms with Crippen LogP contribution in [0, 0.1) is 0 Å². The van der Waals surface area contributed by atoms with Crippen molar-refractivity contribution >= 4 is 0 Å². The van der Waals surface area contributed by atoms with Crippen LogP contribution < -0.4 is 0 Å². The van der Waals surface area contributed by atoms with E-state index in [4.69, 9.17) is 9.84 Å². The summed E-state index contributed by atoms with van der Waals surface area (Å²) in [4.78, 5) is 0. The highest BCUT2D eigenvalue weighted by Crippen LogP contribution is 2.17. The third-order valence-corrected chi connectivity index (χ3v) is 1.77. The van der Waals surface area contributed by atoms with Crippen molar-refractivity contribution in [1.82, 2.24) is 0 Å². The standard InChI is InChI=1S/C7H14O2/c1-6-3-2-4-7(5-8)9-6/h6-8H,2-5H2,1H3/t6-,7+/m1/s1. The van der Waals surface area contributed by atoms with E-state index in [0.717, 1.165) is 12.8 Å². The zero-order valence-electron chi connectivity index (χ0n) is 5.84. The van der Waals surface area contributed by atoms with Gasteiger partial charge in [0.25, 0.3) is 0 Å². The van der Waals surface area contributed by atoms with Crippen LogP contribution in [0.4, 0.5) is 0 Å². The molecule has 0 aromatic heterocycles. The third kappa shape index (κ3) is 1.95. The van der Waals surface area contributed by atoms with Gasteiger partial charge in [-0.15, -0.1) is 0 Å². The minimum atomic E-state index is 0.119. The zero-order valence-corrected chi connectivity index (χ0v) is 5.84. The summed E-state index contributed by atoms with van der Waals surface area (Å²) in [6.07, 6.45) is 3.86. The molecule has 1 saturated heterocycles. The molecule has 1 aliphatic rings. The van der Waals surface area contributed by atoms with Crippen LogP contribution in [0.2, 0.25) is 0 Å². The summed E-state index contributed by atoms with van der Waals surface area (Å²) >= 11 is 0. The second-order valence-corrected chi connectivity index (χ2v) is 2.68. The molecule has 0 bridgehead atoms. The van der Waals surface area contributed by atoms with E-state index in [9.17, 15) is 0 Å². The van der Waals surface area contributed by atoms with E-state index in [2.05, 4.69) is 6.92 Å². The van der Waals surface area contributed by atoms with Gasteiger partial charge in [0.2, 0.25) is 0 Å². The minimum Gasteiger partial charge on any atom is -0.394 e. The highest BCUT2D eigenvalue weighted by Gasteiger charge is 2.17. The normalized spacial score (nSPS) is 36.7. The number of hydrogen-bond acceptors (Lipinski definition) is 2. The largest absolute Gasteiger partial charge is 0.394 e. The van der Waals surface area contributed by atoms with Gasteiger partial charge in [-0.1, -0.05) is 0 Å². The molecule has 1 fully saturated rings. The van der Waals surface area contributed by atoms with E-state index >= 15 is 0 Å². The van der Waals surface area contributed by atoms with Crippen LogP contribution in [0.25, 0.3) is 0 Å². The second-order valence-electron chi connectivity index (χ2n) is 2.68. The van der Waals surface area contributed by atoms with E-state index < -0.39 is 0 Å². The second kappa shape index (κ2) is 3.18. The Bertz CT molecular complexity index is 83.0. The number of aliphatic hydroxyl groups is 1. The molecular weight excluding hydrogens is 116 g/mol. The molecule has 9 heavy (non-hydrogen) atoms. The summed E-state index contributed by atoms with van der Waals surface area (Å²) < 4.78 is 5.39. The van der Waals surface area contributed by atoms with E-state index in [0.29, 0.717) is 6.10 Å². The summed E-state index contributed by atoms with van der Waals surface area (Å²) in [7, 11) is 0. The van der Waals surface area contributed by atoms with Gasteiger partial charge in [0.1, 0.15) is 0 Å². The first-order valence-electron chi connectivity index (χ1n) is 3.59. The van der Waals surface area contributed by atoms with Gasteiger partial charge in [-0.2, -0.15) is 0 Å². The van der Waals surface area contributed by atoms with Crippen molar-refractivity contribution in [2.45, 2.75) is 38.4 Å². The average Bonchev–Trinajstić information content (AvgIpc) is 1.88. The van der Waals surface area contributed by atoms with Crippen molar-refractivity contribution in [3.05, 3.63) is 0 Å². The van der Waals surface area contributed by atoms with Crippen molar-refractivity contribution in [3.8, 4) is 0 Å². The fourth-order valence-electron chi connectivity index (χ4n) is 1.23. The average molecular weight is 130 g/mol. The van der Waals surface area contributed by atoms with Gasteiger partial charge in [0, 0.05) is 0 Å². The zero-order chi connectivity index (χ0) is 6.69. The maximum atomic E-state index is 8.68. The highest BCUT2D eigenvalue weighted by molar-refractivity contribution is 4.66. The summed E-state index contributed by atoms with van der Waals surface area (Å²) in [5.74, 6) is 0. The molecule has 0 aliphatic carbocycles. The lowest BCUT2D eigenvalue weighted by Gasteiger charge is -2.25. The Morgan fingerprint density at radius 1 is 1.56 bits per heavy atom. The summed E-state index contributed by atoms with van der Waals surface area (Å²) in [5, 5.41) is 8.68. The molecule has 2 nitrogen and oxygen atoms in total. The Hall–Kier alpha value is -0.0800. The molecule has 2 atom stereocenters. The Morgan fingerprint density at radius 3 is 2.78 bits per heavy atom. The molecule has 0 spiro atoms. The summed E-state index contributed by atoms with van der Waals surface area (Å²) in [5.41, 5.74) is 0. The molecule has 1 aliphatic heterocycles. The van der Waals surface area contributed by atoms with Gasteiger partial charge in [0.05, 0.1) is 18.8 Å². The fourth-order valence-corrected chi connectivity index (χ4v) is 1.23. The molecule has 1 N–H and O–H groups in total. The predicted octanol–water partition coefficient (Wildman–Crippen LogP) is 0.936. The maximum absolute atomic E-state index is 8.68. The summed E-state index contributed by atoms with van der Waals surface area (Å²) in [6.45, 7) is 2.24. The fraction of sp³-hybridized carbons (Fsp3) is 1.00. The van der Waals surface area contributed by atoms with Gasteiger partial charge in [0.15, 0.2) is 0 Å². The van der Waals surface area contributed by atoms with Gasteiger partial charge >= 0.3 is 0 Å². The van der Waals surface area contributed by atoms with Crippen LogP contribution in [-0.4, -0.2) is 23.9 Å². The topological polar surface area (TPSA) is 29.5 Å². The van der Waals surface area contributed by atoms with Crippen LogP contribution in [0.15, 0.2) is 0 Å². The minimum absolute atomic E-state index is 0.119. The molecule has 0 aromatic carbocycles. The molecule has 1 rings (SSSR count). The lowest BCUT2D eigenvalue weighted by molar-refractivity contribution is -0.0633. The Labute approximate surface area is 55.8 Å². The lowest BCUT2D eigenvalue weighted by Crippen LogP contribution is -2.27. The van der Waals surface area contributed by atoms with Gasteiger partial charge in [-0.25, -0.2) is 0 Å². The molecule has 0 saturated carbocycles. The van der Waals surface area contributed by atoms with Crippen LogP contribution in [-0.2, 0) is 4.74 Å². The first-order valence-corrected chi connectivity index (χ1v) is 3.59. The smallest absolute Gasteiger partial charge is 0.0809 e. The quantitative estimate of drug-likeness (QED) is 0.572. The van der Waals surface area contributed by atoms with Gasteiger partial charge in [-0.05, 0) is 26.2 Å². The Morgan fingerprint density at radius 2 is 2.33 bits per heavy atom. The maximum Gasteiger partial charge on any atom is 0.0809 e. The van der Waals surface area contributed by atoms with Crippen molar-refractivity contribution in [1.29, 1.82) is 0 Å². The van der Waals surface area contributed by atoms with Crippen molar-refractivity contribution < 1.29 is 9.84 Å². The van der Waals surface area contributed by atoms with E-state index in [1.165, 1.54) is 6.42 Å². The molecule has 1 heterocycles. The number of aliphatic hydroxyl groups excluding tert-OH is 1. The van der Waals surface area contributed by atoms with Crippen molar-refractivity contribution in [2.75, 3.05) is 6.61 Å². The molecule has 2 heteroatoms. The van der Waals surface area contributed by atoms with Gasteiger partial charge in [-0.3, -0.25) is 0 Å². The van der Waals surface area contributed by atoms with Crippen molar-refractivity contribution in [3.63, 3.8) is 0 Å². The first-order chi connectivity index (χ1) is 4.33. The number of hydrogen-bond donors (Lipinski definition) is 1. The SMILES string of the molecule is C[C@@H]1CCC[C@@H](CO)O1. The molecule has 0 unspecified atom stereocenters. The van der Waals surface area contributed by atoms with Crippen LogP contribution in [0.1, 0.15) is 26.2 Å².